The molecule has 1 aliphatic rings. The fourth-order valence-electron chi connectivity index (χ4n) is 2.39. The molecule has 2 N–H and O–H groups in total. The van der Waals surface area contributed by atoms with Crippen LogP contribution in [0.4, 0.5) is 11.5 Å². The van der Waals surface area contributed by atoms with Gasteiger partial charge in [0.2, 0.25) is 0 Å². The van der Waals surface area contributed by atoms with E-state index >= 15 is 0 Å². The molecule has 128 valence electrons. The minimum absolute atomic E-state index is 0.599. The highest BCUT2D eigenvalue weighted by Crippen LogP contribution is 2.21. The van der Waals surface area contributed by atoms with Crippen molar-refractivity contribution in [1.82, 2.24) is 4.98 Å². The van der Waals surface area contributed by atoms with Crippen molar-refractivity contribution in [2.24, 2.45) is 5.92 Å². The molecule has 0 amide bonds. The SMILES string of the molecule is C=C(C)/C=C\C.C=S.CC1CCCN(c2ccc(N)nc2)CC1. The molecular formula is C19H31N3S. The maximum absolute atomic E-state index is 5.58. The monoisotopic (exact) mass is 333 g/mol. The Hall–Kier alpha value is -1.68. The van der Waals surface area contributed by atoms with Crippen LogP contribution in [0.5, 0.6) is 0 Å². The molecule has 1 atom stereocenters. The van der Waals surface area contributed by atoms with Gasteiger partial charge in [-0.3, -0.25) is 0 Å². The van der Waals surface area contributed by atoms with Gasteiger partial charge in [0.1, 0.15) is 5.82 Å². The highest BCUT2D eigenvalue weighted by molar-refractivity contribution is 7.77. The first kappa shape index (κ1) is 21.3. The maximum atomic E-state index is 5.58. The molecule has 0 aliphatic carbocycles. The van der Waals surface area contributed by atoms with Crippen molar-refractivity contribution in [3.63, 3.8) is 0 Å². The molecule has 0 bridgehead atoms. The summed E-state index contributed by atoms with van der Waals surface area (Å²) < 4.78 is 0. The van der Waals surface area contributed by atoms with Crippen molar-refractivity contribution in [1.29, 1.82) is 0 Å². The van der Waals surface area contributed by atoms with Gasteiger partial charge in [0, 0.05) is 13.1 Å². The van der Waals surface area contributed by atoms with E-state index in [-0.39, 0.29) is 0 Å². The third-order valence-corrected chi connectivity index (χ3v) is 3.60. The number of nitrogen functional groups attached to an aromatic ring is 1. The number of nitrogens with zero attached hydrogens (tertiary/aromatic N) is 2. The Kier molecular flexibility index (Phi) is 11.9. The minimum Gasteiger partial charge on any atom is -0.384 e. The summed E-state index contributed by atoms with van der Waals surface area (Å²) in [7, 11) is 0. The number of rotatable bonds is 2. The quantitative estimate of drug-likeness (QED) is 0.608. The van der Waals surface area contributed by atoms with Crippen molar-refractivity contribution in [3.8, 4) is 0 Å². The maximum Gasteiger partial charge on any atom is 0.123 e. The first-order valence-corrected chi connectivity index (χ1v) is 8.64. The van der Waals surface area contributed by atoms with E-state index in [2.05, 4.69) is 47.5 Å². The van der Waals surface area contributed by atoms with Gasteiger partial charge in [0.25, 0.3) is 0 Å². The Bertz CT molecular complexity index is 468. The van der Waals surface area contributed by atoms with Gasteiger partial charge in [0.15, 0.2) is 0 Å². The highest BCUT2D eigenvalue weighted by Gasteiger charge is 2.13. The fraction of sp³-hybridized carbons (Fsp3) is 0.474. The third-order valence-electron chi connectivity index (χ3n) is 3.60. The van der Waals surface area contributed by atoms with Gasteiger partial charge in [0.05, 0.1) is 11.9 Å². The molecule has 1 aromatic rings. The van der Waals surface area contributed by atoms with Crippen LogP contribution in [0, 0.1) is 5.92 Å². The molecule has 2 rings (SSSR count). The van der Waals surface area contributed by atoms with Crippen LogP contribution in [0.3, 0.4) is 0 Å². The van der Waals surface area contributed by atoms with E-state index in [1.807, 2.05) is 38.3 Å². The number of hydrogen-bond acceptors (Lipinski definition) is 4. The predicted octanol–water partition coefficient (Wildman–Crippen LogP) is 5.04. The summed E-state index contributed by atoms with van der Waals surface area (Å²) in [6.07, 6.45) is 9.74. The molecule has 1 saturated heterocycles. The predicted molar refractivity (Wildman–Crippen MR) is 108 cm³/mol. The van der Waals surface area contributed by atoms with Gasteiger partial charge < -0.3 is 10.6 Å². The number of pyridine rings is 1. The summed E-state index contributed by atoms with van der Waals surface area (Å²) in [6.45, 7) is 12.2. The average Bonchev–Trinajstić information content (AvgIpc) is 2.75. The Morgan fingerprint density at radius 3 is 2.52 bits per heavy atom. The van der Waals surface area contributed by atoms with Gasteiger partial charge >= 0.3 is 0 Å². The van der Waals surface area contributed by atoms with Crippen LogP contribution < -0.4 is 10.6 Å². The molecule has 0 aromatic carbocycles. The normalized spacial score (nSPS) is 17.3. The van der Waals surface area contributed by atoms with E-state index in [0.717, 1.165) is 24.6 Å². The first-order valence-electron chi connectivity index (χ1n) is 8.06. The van der Waals surface area contributed by atoms with E-state index in [4.69, 9.17) is 5.73 Å². The first-order chi connectivity index (χ1) is 11.0. The van der Waals surface area contributed by atoms with E-state index in [1.54, 1.807) is 0 Å². The van der Waals surface area contributed by atoms with Crippen molar-refractivity contribution >= 4 is 29.6 Å². The second-order valence-corrected chi connectivity index (χ2v) is 5.81. The molecule has 2 heterocycles. The molecule has 0 saturated carbocycles. The van der Waals surface area contributed by atoms with Gasteiger partial charge in [-0.05, 0) is 57.0 Å². The summed E-state index contributed by atoms with van der Waals surface area (Å²) in [5.41, 5.74) is 7.90. The Morgan fingerprint density at radius 1 is 1.35 bits per heavy atom. The Balaban J connectivity index is 0.000000515. The molecule has 3 nitrogen and oxygen atoms in total. The molecule has 0 spiro atoms. The van der Waals surface area contributed by atoms with Crippen LogP contribution in [0.1, 0.15) is 40.0 Å². The van der Waals surface area contributed by atoms with E-state index in [9.17, 15) is 0 Å². The second kappa shape index (κ2) is 12.8. The van der Waals surface area contributed by atoms with E-state index < -0.39 is 0 Å². The van der Waals surface area contributed by atoms with Crippen LogP contribution in [0.15, 0.2) is 42.6 Å². The summed E-state index contributed by atoms with van der Waals surface area (Å²) in [6, 6.07) is 3.95. The summed E-state index contributed by atoms with van der Waals surface area (Å²) in [4.78, 5) is 6.55. The molecule has 1 unspecified atom stereocenters. The zero-order chi connectivity index (χ0) is 17.7. The third kappa shape index (κ3) is 9.84. The van der Waals surface area contributed by atoms with Gasteiger partial charge in [-0.1, -0.05) is 43.4 Å². The smallest absolute Gasteiger partial charge is 0.123 e. The molecule has 4 heteroatoms. The van der Waals surface area contributed by atoms with Gasteiger partial charge in [-0.15, -0.1) is 0 Å². The van der Waals surface area contributed by atoms with Crippen LogP contribution >= 0.6 is 12.2 Å². The highest BCUT2D eigenvalue weighted by atomic mass is 32.1. The van der Waals surface area contributed by atoms with Crippen LogP contribution in [-0.2, 0) is 0 Å². The Morgan fingerprint density at radius 2 is 2.04 bits per heavy atom. The zero-order valence-corrected chi connectivity index (χ0v) is 15.6. The molecule has 23 heavy (non-hydrogen) atoms. The van der Waals surface area contributed by atoms with Gasteiger partial charge in [-0.25, -0.2) is 4.98 Å². The summed E-state index contributed by atoms with van der Waals surface area (Å²) in [5, 5.41) is 0. The van der Waals surface area contributed by atoms with Crippen LogP contribution in [0.25, 0.3) is 0 Å². The minimum atomic E-state index is 0.599. The van der Waals surface area contributed by atoms with Gasteiger partial charge in [-0.2, -0.15) is 0 Å². The lowest BCUT2D eigenvalue weighted by atomic mass is 10.0. The number of hydrogen-bond donors (Lipinski definition) is 1. The van der Waals surface area contributed by atoms with Crippen molar-refractivity contribution in [3.05, 3.63) is 42.6 Å². The molecule has 1 aliphatic heterocycles. The summed E-state index contributed by atoms with van der Waals surface area (Å²) in [5.74, 6) is 4.29. The zero-order valence-electron chi connectivity index (χ0n) is 14.8. The van der Waals surface area contributed by atoms with E-state index in [1.165, 1.54) is 24.9 Å². The number of aromatic nitrogens is 1. The number of anilines is 2. The van der Waals surface area contributed by atoms with Crippen LogP contribution in [-0.4, -0.2) is 23.9 Å². The van der Waals surface area contributed by atoms with Crippen molar-refractivity contribution in [2.45, 2.75) is 40.0 Å². The molecule has 1 fully saturated rings. The molecule has 0 radical (unpaired) electrons. The molecule has 1 aromatic heterocycles. The van der Waals surface area contributed by atoms with E-state index in [0.29, 0.717) is 5.82 Å². The van der Waals surface area contributed by atoms with Crippen molar-refractivity contribution < 1.29 is 0 Å². The Labute approximate surface area is 147 Å². The standard InChI is InChI=1S/C12H19N3.C6H10.CH2S/c1-10-3-2-7-15(8-6-10)11-4-5-12(13)14-9-11;1-4-5-6(2)3;1-2/h4-5,9-10H,2-3,6-8H2,1H3,(H2,13,14);4-5H,2H2,1,3H3;1H2/b;5-4-;. The summed E-state index contributed by atoms with van der Waals surface area (Å²) >= 11 is 3.83. The lowest BCUT2D eigenvalue weighted by Crippen LogP contribution is -2.24. The fourth-order valence-corrected chi connectivity index (χ4v) is 2.39. The number of nitrogens with two attached hydrogens (primary N) is 1. The molecular weight excluding hydrogens is 302 g/mol. The largest absolute Gasteiger partial charge is 0.384 e. The lowest BCUT2D eigenvalue weighted by molar-refractivity contribution is 0.521. The average molecular weight is 334 g/mol. The number of thiocarbonyl (C=S) groups is 1. The lowest BCUT2D eigenvalue weighted by Gasteiger charge is -2.22. The topological polar surface area (TPSA) is 42.1 Å². The van der Waals surface area contributed by atoms with Crippen LogP contribution in [0.2, 0.25) is 0 Å². The number of allylic oxidation sites excluding steroid dienone is 3. The van der Waals surface area contributed by atoms with Crippen molar-refractivity contribution in [2.75, 3.05) is 23.7 Å². The second-order valence-electron chi connectivity index (χ2n) is 5.81.